The molecule has 1 rings (SSSR count). The molecule has 0 aliphatic carbocycles. The lowest BCUT2D eigenvalue weighted by atomic mass is 10.4. The third-order valence-electron chi connectivity index (χ3n) is 1.89. The zero-order valence-corrected chi connectivity index (χ0v) is 10.7. The van der Waals surface area contributed by atoms with Gasteiger partial charge in [-0.15, -0.1) is 10.2 Å². The van der Waals surface area contributed by atoms with Crippen molar-refractivity contribution in [2.75, 3.05) is 12.3 Å². The van der Waals surface area contributed by atoms with Crippen LogP contribution in [0.1, 0.15) is 26.8 Å². The Balaban J connectivity index is 2.78. The molecule has 0 fully saturated rings. The summed E-state index contributed by atoms with van der Waals surface area (Å²) in [7, 11) is 0. The van der Waals surface area contributed by atoms with Crippen molar-refractivity contribution in [1.29, 1.82) is 0 Å². The average Bonchev–Trinajstić information content (AvgIpc) is 2.60. The van der Waals surface area contributed by atoms with Crippen molar-refractivity contribution in [1.82, 2.24) is 14.8 Å². The van der Waals surface area contributed by atoms with Gasteiger partial charge in [-0.1, -0.05) is 0 Å². The minimum Gasteiger partial charge on any atom is -0.463 e. The molecule has 8 heteroatoms. The lowest BCUT2D eigenvalue weighted by Gasteiger charge is -2.12. The molecular formula is C9H15FN4O2S. The van der Waals surface area contributed by atoms with Gasteiger partial charge in [0.1, 0.15) is 0 Å². The summed E-state index contributed by atoms with van der Waals surface area (Å²) in [5, 5.41) is 7.63. The van der Waals surface area contributed by atoms with Gasteiger partial charge in [0.2, 0.25) is 11.5 Å². The van der Waals surface area contributed by atoms with E-state index in [0.29, 0.717) is 11.8 Å². The summed E-state index contributed by atoms with van der Waals surface area (Å²) in [4.78, 5) is 11.1. The van der Waals surface area contributed by atoms with Gasteiger partial charge < -0.3 is 10.5 Å². The summed E-state index contributed by atoms with van der Waals surface area (Å²) in [6.45, 7) is 5.48. The highest BCUT2D eigenvalue weighted by Gasteiger charge is 2.24. The molecule has 96 valence electrons. The molecule has 6 nitrogen and oxygen atoms in total. The molecule has 0 spiro atoms. The number of thioether (sulfide) groups is 1. The molecule has 0 radical (unpaired) electrons. The number of esters is 1. The molecule has 0 saturated heterocycles. The fourth-order valence-corrected chi connectivity index (χ4v) is 2.06. The van der Waals surface area contributed by atoms with E-state index in [2.05, 4.69) is 14.9 Å². The first kappa shape index (κ1) is 13.8. The Bertz CT molecular complexity index is 396. The Labute approximate surface area is 103 Å². The zero-order chi connectivity index (χ0) is 13.0. The average molecular weight is 262 g/mol. The second-order valence-electron chi connectivity index (χ2n) is 3.49. The van der Waals surface area contributed by atoms with Crippen LogP contribution in [-0.2, 0) is 9.53 Å². The third-order valence-corrected chi connectivity index (χ3v) is 2.78. The van der Waals surface area contributed by atoms with E-state index in [4.69, 9.17) is 5.73 Å². The van der Waals surface area contributed by atoms with Crippen molar-refractivity contribution < 1.29 is 13.9 Å². The summed E-state index contributed by atoms with van der Waals surface area (Å²) in [6, 6.07) is -0.0121. The molecular weight excluding hydrogens is 247 g/mol. The van der Waals surface area contributed by atoms with Gasteiger partial charge in [0.15, 0.2) is 5.16 Å². The molecule has 17 heavy (non-hydrogen) atoms. The standard InChI is InChI=1S/C9H15FN4O2S/c1-4-16-7(15)6(10)17-9-13-12-8(11)14(9)5(2)3/h5-6H,4H2,1-3H3,(H2,11,12). The fourth-order valence-electron chi connectivity index (χ4n) is 1.20. The molecule has 2 N–H and O–H groups in total. The van der Waals surface area contributed by atoms with Gasteiger partial charge in [0.05, 0.1) is 6.61 Å². The van der Waals surface area contributed by atoms with Crippen LogP contribution in [0, 0.1) is 0 Å². The summed E-state index contributed by atoms with van der Waals surface area (Å²) in [5.41, 5.74) is 3.77. The number of ether oxygens (including phenoxy) is 1. The van der Waals surface area contributed by atoms with E-state index in [1.165, 1.54) is 0 Å². The number of hydrogen-bond acceptors (Lipinski definition) is 6. The monoisotopic (exact) mass is 262 g/mol. The Kier molecular flexibility index (Phi) is 4.73. The summed E-state index contributed by atoms with van der Waals surface area (Å²) in [6.07, 6.45) is 0. The van der Waals surface area contributed by atoms with Gasteiger partial charge in [-0.2, -0.15) is 0 Å². The molecule has 0 bridgehead atoms. The van der Waals surface area contributed by atoms with Crippen LogP contribution in [0.25, 0.3) is 0 Å². The zero-order valence-electron chi connectivity index (χ0n) is 9.88. The molecule has 0 aliphatic heterocycles. The SMILES string of the molecule is CCOC(=O)C(F)Sc1nnc(N)n1C(C)C. The van der Waals surface area contributed by atoms with E-state index in [9.17, 15) is 9.18 Å². The van der Waals surface area contributed by atoms with Crippen LogP contribution in [0.3, 0.4) is 0 Å². The molecule has 0 amide bonds. The van der Waals surface area contributed by atoms with Crippen molar-refractivity contribution in [3.8, 4) is 0 Å². The second kappa shape index (κ2) is 5.85. The first-order chi connectivity index (χ1) is 7.97. The number of nitrogens with zero attached hydrogens (tertiary/aromatic N) is 3. The highest BCUT2D eigenvalue weighted by molar-refractivity contribution is 8.00. The van der Waals surface area contributed by atoms with Crippen molar-refractivity contribution >= 4 is 23.7 Å². The molecule has 1 heterocycles. The third kappa shape index (κ3) is 3.32. The normalized spacial score (nSPS) is 12.8. The van der Waals surface area contributed by atoms with Crippen molar-refractivity contribution in [2.45, 2.75) is 37.5 Å². The highest BCUT2D eigenvalue weighted by atomic mass is 32.2. The van der Waals surface area contributed by atoms with Crippen LogP contribution in [0.15, 0.2) is 5.16 Å². The molecule has 1 unspecified atom stereocenters. The minimum absolute atomic E-state index is 0.0121. The predicted molar refractivity (Wildman–Crippen MR) is 62.2 cm³/mol. The number of nitrogens with two attached hydrogens (primary N) is 1. The van der Waals surface area contributed by atoms with Crippen LogP contribution in [0.5, 0.6) is 0 Å². The molecule has 0 aromatic carbocycles. The number of alkyl halides is 1. The van der Waals surface area contributed by atoms with Gasteiger partial charge in [-0.3, -0.25) is 4.57 Å². The van der Waals surface area contributed by atoms with E-state index < -0.39 is 11.5 Å². The number of carbonyl (C=O) groups is 1. The van der Waals surface area contributed by atoms with E-state index in [0.717, 1.165) is 0 Å². The lowest BCUT2D eigenvalue weighted by Crippen LogP contribution is -2.17. The Hall–Kier alpha value is -1.31. The maximum Gasteiger partial charge on any atom is 0.351 e. The number of nitrogen functional groups attached to an aromatic ring is 1. The predicted octanol–water partition coefficient (Wildman–Crippen LogP) is 1.39. The van der Waals surface area contributed by atoms with Gasteiger partial charge in [0, 0.05) is 6.04 Å². The van der Waals surface area contributed by atoms with E-state index in [-0.39, 0.29) is 23.8 Å². The van der Waals surface area contributed by atoms with E-state index in [1.54, 1.807) is 11.5 Å². The summed E-state index contributed by atoms with van der Waals surface area (Å²) < 4.78 is 19.6. The lowest BCUT2D eigenvalue weighted by molar-refractivity contribution is -0.145. The Morgan fingerprint density at radius 3 is 2.76 bits per heavy atom. The van der Waals surface area contributed by atoms with Crippen LogP contribution in [-0.4, -0.2) is 32.8 Å². The van der Waals surface area contributed by atoms with Gasteiger partial charge in [0.25, 0.3) is 0 Å². The number of halogens is 1. The molecule has 1 aromatic rings. The number of hydrogen-bond donors (Lipinski definition) is 1. The maximum absolute atomic E-state index is 13.5. The Morgan fingerprint density at radius 2 is 2.24 bits per heavy atom. The number of aromatic nitrogens is 3. The summed E-state index contributed by atoms with van der Waals surface area (Å²) >= 11 is 0.636. The first-order valence-electron chi connectivity index (χ1n) is 5.15. The van der Waals surface area contributed by atoms with Gasteiger partial charge >= 0.3 is 5.97 Å². The first-order valence-corrected chi connectivity index (χ1v) is 6.03. The molecule has 0 saturated carbocycles. The molecule has 1 aromatic heterocycles. The molecule has 1 atom stereocenters. The number of rotatable bonds is 5. The largest absolute Gasteiger partial charge is 0.463 e. The van der Waals surface area contributed by atoms with Gasteiger partial charge in [-0.05, 0) is 32.5 Å². The van der Waals surface area contributed by atoms with Crippen molar-refractivity contribution in [3.63, 3.8) is 0 Å². The Morgan fingerprint density at radius 1 is 1.59 bits per heavy atom. The van der Waals surface area contributed by atoms with E-state index >= 15 is 0 Å². The maximum atomic E-state index is 13.5. The topological polar surface area (TPSA) is 83.0 Å². The smallest absolute Gasteiger partial charge is 0.351 e. The van der Waals surface area contributed by atoms with Gasteiger partial charge in [-0.25, -0.2) is 9.18 Å². The van der Waals surface area contributed by atoms with Crippen LogP contribution >= 0.6 is 11.8 Å². The van der Waals surface area contributed by atoms with Crippen molar-refractivity contribution in [3.05, 3.63) is 0 Å². The van der Waals surface area contributed by atoms with Crippen LogP contribution in [0.4, 0.5) is 10.3 Å². The summed E-state index contributed by atoms with van der Waals surface area (Å²) in [5.74, 6) is -0.729. The van der Waals surface area contributed by atoms with E-state index in [1.807, 2.05) is 13.8 Å². The number of anilines is 1. The molecule has 0 aliphatic rings. The quantitative estimate of drug-likeness (QED) is 0.637. The van der Waals surface area contributed by atoms with Crippen LogP contribution in [0.2, 0.25) is 0 Å². The second-order valence-corrected chi connectivity index (χ2v) is 4.51. The van der Waals surface area contributed by atoms with Crippen LogP contribution < -0.4 is 5.73 Å². The number of carbonyl (C=O) groups excluding carboxylic acids is 1. The highest BCUT2D eigenvalue weighted by Crippen LogP contribution is 2.27. The fraction of sp³-hybridized carbons (Fsp3) is 0.667. The minimum atomic E-state index is -1.82. The van der Waals surface area contributed by atoms with Crippen molar-refractivity contribution in [2.24, 2.45) is 0 Å².